The van der Waals surface area contributed by atoms with E-state index in [0.717, 1.165) is 114 Å². The molecule has 0 aliphatic heterocycles. The summed E-state index contributed by atoms with van der Waals surface area (Å²) in [5.74, 6) is 1.03. The number of unbranched alkanes of at least 4 members (excludes halogenated alkanes) is 43. The maximum Gasteiger partial charge on any atom is 0.472 e. The van der Waals surface area contributed by atoms with Crippen molar-refractivity contribution in [3.8, 4) is 0 Å². The van der Waals surface area contributed by atoms with Crippen molar-refractivity contribution < 1.29 is 80.2 Å². The molecule has 101 heavy (non-hydrogen) atoms. The molecule has 0 amide bonds. The Labute approximate surface area is 619 Å². The van der Waals surface area contributed by atoms with Crippen molar-refractivity contribution in [2.24, 2.45) is 23.7 Å². The summed E-state index contributed by atoms with van der Waals surface area (Å²) in [5, 5.41) is 10.6. The van der Waals surface area contributed by atoms with Gasteiger partial charge in [0.2, 0.25) is 0 Å². The van der Waals surface area contributed by atoms with Crippen LogP contribution in [0.1, 0.15) is 421 Å². The number of aliphatic hydroxyl groups is 1. The number of hydrogen-bond acceptors (Lipinski definition) is 15. The number of rotatable bonds is 79. The summed E-state index contributed by atoms with van der Waals surface area (Å²) in [6, 6.07) is 0. The molecule has 0 spiro atoms. The van der Waals surface area contributed by atoms with Crippen LogP contribution in [0.15, 0.2) is 0 Å². The summed E-state index contributed by atoms with van der Waals surface area (Å²) in [4.78, 5) is 73.0. The van der Waals surface area contributed by atoms with Crippen LogP contribution >= 0.6 is 15.6 Å². The largest absolute Gasteiger partial charge is 0.472 e. The average molecular weight is 1480 g/mol. The summed E-state index contributed by atoms with van der Waals surface area (Å²) in [7, 11) is -9.92. The molecule has 0 aromatic heterocycles. The van der Waals surface area contributed by atoms with E-state index in [9.17, 15) is 43.2 Å². The molecule has 5 unspecified atom stereocenters. The molecule has 0 aromatic rings. The third-order valence-corrected chi connectivity index (χ3v) is 21.7. The van der Waals surface area contributed by atoms with Crippen molar-refractivity contribution >= 4 is 39.5 Å². The standard InChI is InChI=1S/C82H160O17P2/c1-9-74(7)60-52-44-36-27-23-19-15-13-11-12-14-16-22-26-30-39-48-56-64-81(86)98-77(68-92-79(84)62-54-46-38-29-25-21-18-17-20-24-28-37-45-53-61-75(8)10-2)70-96-100(88,89)94-66-76(83)67-95-101(90,91)97-71-78(69-93-80(85)63-55-47-41-33-35-43-51-59-73(5)6)99-82(87)65-57-49-40-32-31-34-42-50-58-72(3)4/h72-78,83H,9-71H2,1-8H3,(H,88,89)(H,90,91)/t74?,75?,76?,77-,78-/m1/s1. The molecule has 0 bridgehead atoms. The highest BCUT2D eigenvalue weighted by Gasteiger charge is 2.30. The first-order valence-electron chi connectivity index (χ1n) is 42.3. The lowest BCUT2D eigenvalue weighted by Gasteiger charge is -2.21. The Morgan fingerprint density at radius 3 is 0.703 bits per heavy atom. The van der Waals surface area contributed by atoms with Gasteiger partial charge >= 0.3 is 39.5 Å². The fourth-order valence-electron chi connectivity index (χ4n) is 12.5. The van der Waals surface area contributed by atoms with Crippen LogP contribution in [-0.2, 0) is 65.4 Å². The zero-order chi connectivity index (χ0) is 74.6. The van der Waals surface area contributed by atoms with Crippen LogP contribution < -0.4 is 0 Å². The van der Waals surface area contributed by atoms with Crippen LogP contribution in [0.3, 0.4) is 0 Å². The van der Waals surface area contributed by atoms with Gasteiger partial charge in [0, 0.05) is 25.7 Å². The number of esters is 4. The maximum atomic E-state index is 13.1. The monoisotopic (exact) mass is 1480 g/mol. The van der Waals surface area contributed by atoms with Crippen LogP contribution in [0.4, 0.5) is 0 Å². The van der Waals surface area contributed by atoms with Gasteiger partial charge < -0.3 is 33.8 Å². The van der Waals surface area contributed by atoms with E-state index in [1.54, 1.807) is 0 Å². The van der Waals surface area contributed by atoms with Crippen LogP contribution in [0, 0.1) is 23.7 Å². The smallest absolute Gasteiger partial charge is 0.462 e. The zero-order valence-electron chi connectivity index (χ0n) is 66.5. The fraction of sp³-hybridized carbons (Fsp3) is 0.951. The van der Waals surface area contributed by atoms with Crippen molar-refractivity contribution in [1.29, 1.82) is 0 Å². The second-order valence-corrected chi connectivity index (χ2v) is 33.9. The topological polar surface area (TPSA) is 237 Å². The van der Waals surface area contributed by atoms with Crippen LogP contribution in [0.2, 0.25) is 0 Å². The Kier molecular flexibility index (Phi) is 69.6. The molecule has 0 rings (SSSR count). The van der Waals surface area contributed by atoms with Gasteiger partial charge in [-0.05, 0) is 49.4 Å². The highest BCUT2D eigenvalue weighted by molar-refractivity contribution is 7.47. The fourth-order valence-corrected chi connectivity index (χ4v) is 14.1. The molecular formula is C82H160O17P2. The molecule has 17 nitrogen and oxygen atoms in total. The second-order valence-electron chi connectivity index (χ2n) is 31.0. The van der Waals surface area contributed by atoms with Gasteiger partial charge in [-0.3, -0.25) is 37.3 Å². The van der Waals surface area contributed by atoms with Crippen LogP contribution in [0.25, 0.3) is 0 Å². The normalized spacial score (nSPS) is 14.5. The summed E-state index contributed by atoms with van der Waals surface area (Å²) in [6.45, 7) is 14.3. The van der Waals surface area contributed by atoms with Crippen molar-refractivity contribution in [2.75, 3.05) is 39.6 Å². The second kappa shape index (κ2) is 71.0. The number of phosphoric ester groups is 2. The lowest BCUT2D eigenvalue weighted by atomic mass is 9.99. The van der Waals surface area contributed by atoms with Crippen molar-refractivity contribution in [3.05, 3.63) is 0 Å². The van der Waals surface area contributed by atoms with Gasteiger partial charge in [0.15, 0.2) is 12.2 Å². The average Bonchev–Trinajstić information content (AvgIpc) is 0.935. The summed E-state index contributed by atoms with van der Waals surface area (Å²) < 4.78 is 68.7. The lowest BCUT2D eigenvalue weighted by molar-refractivity contribution is -0.161. The molecule has 0 fully saturated rings. The molecular weight excluding hydrogens is 1320 g/mol. The molecule has 0 aliphatic carbocycles. The van der Waals surface area contributed by atoms with E-state index < -0.39 is 97.5 Å². The Morgan fingerprint density at radius 1 is 0.277 bits per heavy atom. The van der Waals surface area contributed by atoms with E-state index in [4.69, 9.17) is 37.0 Å². The van der Waals surface area contributed by atoms with Gasteiger partial charge in [-0.1, -0.05) is 370 Å². The van der Waals surface area contributed by atoms with E-state index in [0.29, 0.717) is 31.6 Å². The Morgan fingerprint density at radius 2 is 0.475 bits per heavy atom. The highest BCUT2D eigenvalue weighted by Crippen LogP contribution is 2.45. The Bertz CT molecular complexity index is 1980. The van der Waals surface area contributed by atoms with Gasteiger partial charge in [0.25, 0.3) is 0 Å². The number of aliphatic hydroxyl groups excluding tert-OH is 1. The van der Waals surface area contributed by atoms with E-state index in [1.807, 2.05) is 0 Å². The quantitative estimate of drug-likeness (QED) is 0.0222. The summed E-state index contributed by atoms with van der Waals surface area (Å²) >= 11 is 0. The first-order chi connectivity index (χ1) is 48.7. The van der Waals surface area contributed by atoms with Crippen molar-refractivity contribution in [3.63, 3.8) is 0 Å². The number of phosphoric acid groups is 2. The molecule has 0 heterocycles. The SMILES string of the molecule is CCC(C)CCCCCCCCCCCCCCCCCCCCC(=O)O[C@H](COC(=O)CCCCCCCCCCCCCCCCC(C)CC)COP(=O)(O)OCC(O)COP(=O)(O)OC[C@@H](COC(=O)CCCCCCCCCC(C)C)OC(=O)CCCCCCCCCCC(C)C. The molecule has 0 aromatic carbocycles. The molecule has 0 saturated carbocycles. The number of carbonyl (C=O) groups is 4. The van der Waals surface area contributed by atoms with E-state index in [1.165, 1.54) is 218 Å². The van der Waals surface area contributed by atoms with Gasteiger partial charge in [-0.15, -0.1) is 0 Å². The summed E-state index contributed by atoms with van der Waals surface area (Å²) in [5.41, 5.74) is 0. The van der Waals surface area contributed by atoms with Crippen LogP contribution in [-0.4, -0.2) is 96.7 Å². The lowest BCUT2D eigenvalue weighted by Crippen LogP contribution is -2.30. The number of hydrogen-bond donors (Lipinski definition) is 3. The Balaban J connectivity index is 5.21. The molecule has 0 aliphatic rings. The number of carbonyl (C=O) groups excluding carboxylic acids is 4. The first kappa shape index (κ1) is 99.1. The van der Waals surface area contributed by atoms with Gasteiger partial charge in [-0.25, -0.2) is 9.13 Å². The molecule has 3 N–H and O–H groups in total. The highest BCUT2D eigenvalue weighted by atomic mass is 31.2. The molecule has 0 saturated heterocycles. The predicted molar refractivity (Wildman–Crippen MR) is 414 cm³/mol. The predicted octanol–water partition coefficient (Wildman–Crippen LogP) is 24.4. The minimum Gasteiger partial charge on any atom is -0.462 e. The molecule has 0 radical (unpaired) electrons. The summed E-state index contributed by atoms with van der Waals surface area (Å²) in [6.07, 6.45) is 58.4. The van der Waals surface area contributed by atoms with Crippen LogP contribution in [0.5, 0.6) is 0 Å². The van der Waals surface area contributed by atoms with Gasteiger partial charge in [-0.2, -0.15) is 0 Å². The van der Waals surface area contributed by atoms with Crippen molar-refractivity contribution in [2.45, 2.75) is 440 Å². The molecule has 19 heteroatoms. The van der Waals surface area contributed by atoms with E-state index in [2.05, 4.69) is 55.4 Å². The third kappa shape index (κ3) is 73.4. The van der Waals surface area contributed by atoms with E-state index in [-0.39, 0.29) is 25.7 Å². The van der Waals surface area contributed by atoms with Gasteiger partial charge in [0.05, 0.1) is 26.4 Å². The third-order valence-electron chi connectivity index (χ3n) is 19.8. The molecule has 600 valence electrons. The minimum absolute atomic E-state index is 0.104. The zero-order valence-corrected chi connectivity index (χ0v) is 68.3. The maximum absolute atomic E-state index is 13.1. The van der Waals surface area contributed by atoms with E-state index >= 15 is 0 Å². The van der Waals surface area contributed by atoms with Crippen molar-refractivity contribution in [1.82, 2.24) is 0 Å². The molecule has 7 atom stereocenters. The minimum atomic E-state index is -4.96. The Hall–Kier alpha value is -1.94. The van der Waals surface area contributed by atoms with Gasteiger partial charge in [0.1, 0.15) is 19.3 Å². The first-order valence-corrected chi connectivity index (χ1v) is 45.3. The number of ether oxygens (including phenoxy) is 4.